The van der Waals surface area contributed by atoms with Crippen LogP contribution in [0.3, 0.4) is 0 Å². The van der Waals surface area contributed by atoms with E-state index in [1.807, 2.05) is 0 Å². The first-order valence-corrected chi connectivity index (χ1v) is 5.68. The molecule has 1 rings (SSSR count). The molecule has 0 aromatic rings. The van der Waals surface area contributed by atoms with Crippen LogP contribution in [0.2, 0.25) is 0 Å². The topological polar surface area (TPSA) is 97.5 Å². The van der Waals surface area contributed by atoms with Crippen LogP contribution in [0.1, 0.15) is 13.3 Å². The Bertz CT molecular complexity index is 466. The monoisotopic (exact) mass is 253 g/mol. The first kappa shape index (κ1) is 12.2. The van der Waals surface area contributed by atoms with Crippen molar-refractivity contribution in [3.05, 3.63) is 32.9 Å². The lowest BCUT2D eigenvalue weighted by atomic mass is 10.0. The highest BCUT2D eigenvalue weighted by atomic mass is 35.5. The third-order valence-corrected chi connectivity index (χ3v) is 3.94. The van der Waals surface area contributed by atoms with Crippen LogP contribution in [-0.4, -0.2) is 22.8 Å². The van der Waals surface area contributed by atoms with E-state index in [1.165, 1.54) is 6.92 Å². The maximum Gasteiger partial charge on any atom is 0.365 e. The highest BCUT2D eigenvalue weighted by Gasteiger charge is 2.54. The Morgan fingerprint density at radius 2 is 2.20 bits per heavy atom. The van der Waals surface area contributed by atoms with Gasteiger partial charge in [0.25, 0.3) is 0 Å². The second-order valence-electron chi connectivity index (χ2n) is 3.22. The zero-order valence-electron chi connectivity index (χ0n) is 7.68. The summed E-state index contributed by atoms with van der Waals surface area (Å²) in [5.74, 6) is 0. The van der Waals surface area contributed by atoms with Gasteiger partial charge in [0.05, 0.1) is 6.42 Å². The average Bonchev–Trinajstić information content (AvgIpc) is 2.07. The van der Waals surface area contributed by atoms with Gasteiger partial charge in [-0.1, -0.05) is 11.6 Å². The quantitative estimate of drug-likeness (QED) is 0.455. The smallest absolute Gasteiger partial charge is 0.280 e. The van der Waals surface area contributed by atoms with Crippen LogP contribution in [0.5, 0.6) is 0 Å². The third-order valence-electron chi connectivity index (χ3n) is 2.17. The minimum absolute atomic E-state index is 0.246. The summed E-state index contributed by atoms with van der Waals surface area (Å²) in [4.78, 5) is 7.18. The zero-order chi connectivity index (χ0) is 11.9. The normalized spacial score (nSPS) is 26.9. The summed E-state index contributed by atoms with van der Waals surface area (Å²) in [7, 11) is -4.82. The van der Waals surface area contributed by atoms with E-state index in [9.17, 15) is 18.5 Å². The number of hydrogen-bond acceptors (Lipinski definition) is 4. The highest BCUT2D eigenvalue weighted by molar-refractivity contribution is 7.87. The molecule has 1 N–H and O–H groups in total. The molecule has 1 aliphatic rings. The summed E-state index contributed by atoms with van der Waals surface area (Å²) in [6.07, 6.45) is 1.45. The maximum atomic E-state index is 11.0. The van der Waals surface area contributed by atoms with Gasteiger partial charge in [0.2, 0.25) is 0 Å². The predicted molar refractivity (Wildman–Crippen MR) is 53.6 cm³/mol. The van der Waals surface area contributed by atoms with Crippen LogP contribution in [0.25, 0.3) is 0 Å². The molecule has 6 nitrogen and oxygen atoms in total. The van der Waals surface area contributed by atoms with Crippen LogP contribution in [0.15, 0.2) is 22.8 Å². The molecule has 84 valence electrons. The molecule has 0 heterocycles. The fourth-order valence-electron chi connectivity index (χ4n) is 1.27. The van der Waals surface area contributed by atoms with Gasteiger partial charge in [-0.15, -0.1) is 0 Å². The Morgan fingerprint density at radius 3 is 2.53 bits per heavy atom. The minimum Gasteiger partial charge on any atom is -0.280 e. The molecule has 1 aliphatic carbocycles. The van der Waals surface area contributed by atoms with Gasteiger partial charge in [0.15, 0.2) is 0 Å². The first-order valence-electron chi connectivity index (χ1n) is 3.87. The molecule has 0 aromatic heterocycles. The molecular formula is C7H8ClNO5S. The molecule has 0 aromatic carbocycles. The van der Waals surface area contributed by atoms with E-state index in [0.717, 1.165) is 12.2 Å². The van der Waals surface area contributed by atoms with E-state index in [1.54, 1.807) is 0 Å². The lowest BCUT2D eigenvalue weighted by Gasteiger charge is -2.22. The van der Waals surface area contributed by atoms with Crippen molar-refractivity contribution in [2.45, 2.75) is 18.2 Å². The van der Waals surface area contributed by atoms with Gasteiger partial charge >= 0.3 is 15.0 Å². The number of nitrogens with zero attached hydrogens (tertiary/aromatic N) is 1. The van der Waals surface area contributed by atoms with Gasteiger partial charge in [0.1, 0.15) is 0 Å². The number of hydrogen-bond donors (Lipinski definition) is 1. The summed E-state index contributed by atoms with van der Waals surface area (Å²) < 4.78 is 30.9. The van der Waals surface area contributed by atoms with E-state index < -0.39 is 26.3 Å². The minimum atomic E-state index is -4.82. The molecule has 0 aliphatic heterocycles. The molecule has 0 saturated carbocycles. The van der Waals surface area contributed by atoms with Crippen molar-refractivity contribution >= 4 is 21.7 Å². The molecule has 1 unspecified atom stereocenters. The first-order chi connectivity index (χ1) is 6.71. The Balaban J connectivity index is 3.34. The van der Waals surface area contributed by atoms with Gasteiger partial charge in [-0.3, -0.25) is 14.7 Å². The molecule has 15 heavy (non-hydrogen) atoms. The SMILES string of the molecule is CC1=C(Cl)C=CC([N+](=O)[O-])(S(=O)(=O)O)C1. The number of rotatable bonds is 2. The molecule has 0 spiro atoms. The van der Waals surface area contributed by atoms with Crippen molar-refractivity contribution < 1.29 is 17.9 Å². The molecule has 1 atom stereocenters. The van der Waals surface area contributed by atoms with Gasteiger partial charge < -0.3 is 0 Å². The summed E-state index contributed by atoms with van der Waals surface area (Å²) in [6, 6.07) is 0. The highest BCUT2D eigenvalue weighted by Crippen LogP contribution is 2.34. The molecule has 0 fully saturated rings. The summed E-state index contributed by atoms with van der Waals surface area (Å²) in [5, 5.41) is 11.0. The second kappa shape index (κ2) is 3.58. The van der Waals surface area contributed by atoms with Crippen molar-refractivity contribution in [2.24, 2.45) is 0 Å². The standard InChI is InChI=1S/C7H8ClNO5S/c1-5-4-7(9(10)11,15(12,13)14)3-2-6(5)8/h2-3H,4H2,1H3,(H,12,13,14). The van der Waals surface area contributed by atoms with Gasteiger partial charge in [-0.25, -0.2) is 0 Å². The summed E-state index contributed by atoms with van der Waals surface area (Å²) in [6.45, 7) is 1.47. The Kier molecular flexibility index (Phi) is 2.90. The molecule has 0 bridgehead atoms. The van der Waals surface area contributed by atoms with E-state index in [4.69, 9.17) is 16.2 Å². The zero-order valence-corrected chi connectivity index (χ0v) is 9.25. The van der Waals surface area contributed by atoms with Crippen molar-refractivity contribution in [3.63, 3.8) is 0 Å². The fraction of sp³-hybridized carbons (Fsp3) is 0.429. The van der Waals surface area contributed by atoms with Gasteiger partial charge in [-0.2, -0.15) is 8.42 Å². The van der Waals surface area contributed by atoms with E-state index in [-0.39, 0.29) is 5.03 Å². The molecular weight excluding hydrogens is 246 g/mol. The third kappa shape index (κ3) is 1.90. The Hall–Kier alpha value is -0.920. The van der Waals surface area contributed by atoms with Crippen LogP contribution in [-0.2, 0) is 10.1 Å². The van der Waals surface area contributed by atoms with Crippen LogP contribution in [0, 0.1) is 10.1 Å². The molecule has 8 heteroatoms. The van der Waals surface area contributed by atoms with Crippen LogP contribution in [0.4, 0.5) is 0 Å². The lowest BCUT2D eigenvalue weighted by molar-refractivity contribution is -0.527. The van der Waals surface area contributed by atoms with Crippen LogP contribution < -0.4 is 0 Å². The van der Waals surface area contributed by atoms with Crippen LogP contribution >= 0.6 is 11.6 Å². The van der Waals surface area contributed by atoms with Crippen molar-refractivity contribution in [1.29, 1.82) is 0 Å². The van der Waals surface area contributed by atoms with Gasteiger partial charge in [0, 0.05) is 16.0 Å². The average molecular weight is 254 g/mol. The number of halogens is 1. The second-order valence-corrected chi connectivity index (χ2v) is 5.28. The van der Waals surface area contributed by atoms with Crippen molar-refractivity contribution in [2.75, 3.05) is 0 Å². The molecule has 0 radical (unpaired) electrons. The van der Waals surface area contributed by atoms with E-state index >= 15 is 0 Å². The maximum absolute atomic E-state index is 11.0. The Labute approximate surface area is 91.1 Å². The number of allylic oxidation sites excluding steroid dienone is 2. The summed E-state index contributed by atoms with van der Waals surface area (Å²) in [5.41, 5.74) is 0.341. The predicted octanol–water partition coefficient (Wildman–Crippen LogP) is 1.32. The fourth-order valence-corrected chi connectivity index (χ4v) is 2.22. The lowest BCUT2D eigenvalue weighted by Crippen LogP contribution is -2.45. The van der Waals surface area contributed by atoms with Crippen molar-refractivity contribution in [1.82, 2.24) is 0 Å². The van der Waals surface area contributed by atoms with E-state index in [0.29, 0.717) is 5.57 Å². The summed E-state index contributed by atoms with van der Waals surface area (Å²) >= 11 is 5.64. The van der Waals surface area contributed by atoms with Crippen molar-refractivity contribution in [3.8, 4) is 0 Å². The molecule has 0 amide bonds. The number of nitro groups is 1. The molecule has 0 saturated heterocycles. The van der Waals surface area contributed by atoms with Gasteiger partial charge in [-0.05, 0) is 18.6 Å². The largest absolute Gasteiger partial charge is 0.365 e. The Morgan fingerprint density at radius 1 is 1.67 bits per heavy atom. The van der Waals surface area contributed by atoms with E-state index in [2.05, 4.69) is 0 Å².